The van der Waals surface area contributed by atoms with Gasteiger partial charge in [0.05, 0.1) is 11.7 Å². The number of aliphatic hydroxyl groups is 1. The maximum Gasteiger partial charge on any atom is 0.339 e. The molecule has 3 unspecified atom stereocenters. The Morgan fingerprint density at radius 1 is 1.47 bits per heavy atom. The molecule has 0 aromatic carbocycles. The predicted octanol–water partition coefficient (Wildman–Crippen LogP) is 1.75. The molecule has 3 atom stereocenters. The van der Waals surface area contributed by atoms with Gasteiger partial charge in [0.15, 0.2) is 0 Å². The van der Waals surface area contributed by atoms with Gasteiger partial charge in [0.1, 0.15) is 0 Å². The van der Waals surface area contributed by atoms with E-state index in [1.807, 2.05) is 6.08 Å². The third-order valence-corrected chi connectivity index (χ3v) is 2.98. The quantitative estimate of drug-likeness (QED) is 0.422. The third-order valence-electron chi connectivity index (χ3n) is 2.98. The Balaban J connectivity index is 2.77. The van der Waals surface area contributed by atoms with E-state index < -0.39 is 12.1 Å². The molecular weight excluding hydrogens is 192 g/mol. The summed E-state index contributed by atoms with van der Waals surface area (Å²) < 4.78 is 0. The van der Waals surface area contributed by atoms with E-state index in [9.17, 15) is 9.90 Å². The molecule has 1 aliphatic rings. The van der Waals surface area contributed by atoms with Crippen LogP contribution in [0, 0.1) is 11.8 Å². The van der Waals surface area contributed by atoms with Crippen LogP contribution < -0.4 is 0 Å². The minimum Gasteiger partial charge on any atom is -0.477 e. The summed E-state index contributed by atoms with van der Waals surface area (Å²) in [5.74, 6) is -1.08. The standard InChI is InChI=1S/C12H16O3/c1-3-8-5-6-10(11(13)7-8)9(4-2)12(14)15/h3,8,10-11,13H,1-2,5-7H2,(H,14,15). The van der Waals surface area contributed by atoms with Crippen molar-refractivity contribution < 1.29 is 15.0 Å². The van der Waals surface area contributed by atoms with Crippen molar-refractivity contribution in [2.75, 3.05) is 0 Å². The average molecular weight is 208 g/mol. The second kappa shape index (κ2) is 4.96. The highest BCUT2D eigenvalue weighted by Crippen LogP contribution is 2.33. The maximum absolute atomic E-state index is 10.9. The zero-order valence-electron chi connectivity index (χ0n) is 8.65. The van der Waals surface area contributed by atoms with Crippen molar-refractivity contribution in [3.8, 4) is 0 Å². The fraction of sp³-hybridized carbons (Fsp3) is 0.500. The average Bonchev–Trinajstić information content (AvgIpc) is 2.20. The molecule has 1 rings (SSSR count). The summed E-state index contributed by atoms with van der Waals surface area (Å²) in [6.07, 6.45) is 3.29. The monoisotopic (exact) mass is 208 g/mol. The van der Waals surface area contributed by atoms with Crippen LogP contribution in [-0.4, -0.2) is 22.3 Å². The molecule has 0 bridgehead atoms. The lowest BCUT2D eigenvalue weighted by atomic mass is 9.76. The van der Waals surface area contributed by atoms with Crippen LogP contribution in [-0.2, 0) is 4.79 Å². The van der Waals surface area contributed by atoms with Gasteiger partial charge in [-0.2, -0.15) is 0 Å². The van der Waals surface area contributed by atoms with Crippen LogP contribution in [0.3, 0.4) is 0 Å². The highest BCUT2D eigenvalue weighted by molar-refractivity contribution is 5.87. The molecular formula is C12H16O3. The van der Waals surface area contributed by atoms with E-state index in [2.05, 4.69) is 18.9 Å². The molecule has 0 aromatic heterocycles. The molecule has 3 nitrogen and oxygen atoms in total. The number of allylic oxidation sites excluding steroid dienone is 1. The highest BCUT2D eigenvalue weighted by Gasteiger charge is 2.32. The zero-order chi connectivity index (χ0) is 11.4. The van der Waals surface area contributed by atoms with Crippen LogP contribution in [0.5, 0.6) is 0 Å². The Morgan fingerprint density at radius 3 is 2.53 bits per heavy atom. The van der Waals surface area contributed by atoms with Crippen molar-refractivity contribution in [3.05, 3.63) is 30.5 Å². The molecule has 0 aromatic rings. The summed E-state index contributed by atoms with van der Waals surface area (Å²) in [5, 5.41) is 18.7. The van der Waals surface area contributed by atoms with Crippen molar-refractivity contribution in [2.45, 2.75) is 25.4 Å². The molecule has 0 saturated heterocycles. The molecule has 0 spiro atoms. The molecule has 0 heterocycles. The first kappa shape index (κ1) is 11.8. The van der Waals surface area contributed by atoms with E-state index in [1.54, 1.807) is 0 Å². The second-order valence-electron chi connectivity index (χ2n) is 3.88. The van der Waals surface area contributed by atoms with Gasteiger partial charge in [-0.3, -0.25) is 0 Å². The Bertz CT molecular complexity index is 313. The molecule has 2 N–H and O–H groups in total. The van der Waals surface area contributed by atoms with E-state index in [-0.39, 0.29) is 17.4 Å². The summed E-state index contributed by atoms with van der Waals surface area (Å²) in [7, 11) is 0. The zero-order valence-corrected chi connectivity index (χ0v) is 8.65. The van der Waals surface area contributed by atoms with Gasteiger partial charge in [-0.25, -0.2) is 4.79 Å². The minimum atomic E-state index is -1.04. The lowest BCUT2D eigenvalue weighted by Crippen LogP contribution is -2.32. The summed E-state index contributed by atoms with van der Waals surface area (Å²) in [6, 6.07) is 0. The van der Waals surface area contributed by atoms with Gasteiger partial charge in [-0.1, -0.05) is 12.7 Å². The molecule has 0 amide bonds. The van der Waals surface area contributed by atoms with Crippen molar-refractivity contribution in [1.29, 1.82) is 0 Å². The fourth-order valence-electron chi connectivity index (χ4n) is 2.09. The van der Waals surface area contributed by atoms with E-state index >= 15 is 0 Å². The van der Waals surface area contributed by atoms with Crippen LogP contribution >= 0.6 is 0 Å². The van der Waals surface area contributed by atoms with E-state index in [1.165, 1.54) is 0 Å². The van der Waals surface area contributed by atoms with Crippen molar-refractivity contribution >= 4 is 5.97 Å². The van der Waals surface area contributed by atoms with Gasteiger partial charge >= 0.3 is 5.97 Å². The van der Waals surface area contributed by atoms with Crippen LogP contribution in [0.4, 0.5) is 0 Å². The first-order chi connectivity index (χ1) is 7.10. The van der Waals surface area contributed by atoms with Crippen LogP contribution in [0.15, 0.2) is 30.5 Å². The smallest absolute Gasteiger partial charge is 0.339 e. The van der Waals surface area contributed by atoms with Gasteiger partial charge in [0.2, 0.25) is 0 Å². The topological polar surface area (TPSA) is 57.5 Å². The van der Waals surface area contributed by atoms with E-state index in [4.69, 9.17) is 5.11 Å². The Morgan fingerprint density at radius 2 is 2.13 bits per heavy atom. The largest absolute Gasteiger partial charge is 0.477 e. The van der Waals surface area contributed by atoms with Crippen molar-refractivity contribution in [2.24, 2.45) is 11.8 Å². The van der Waals surface area contributed by atoms with Gasteiger partial charge in [-0.15, -0.1) is 12.3 Å². The molecule has 0 aliphatic heterocycles. The molecule has 1 aliphatic carbocycles. The van der Waals surface area contributed by atoms with Gasteiger partial charge in [0.25, 0.3) is 0 Å². The minimum absolute atomic E-state index is 0.102. The SMILES string of the molecule is C=C=C(C(=O)O)C1CCC(C=C)CC1O. The first-order valence-corrected chi connectivity index (χ1v) is 5.04. The number of aliphatic carboxylic acids is 1. The fourth-order valence-corrected chi connectivity index (χ4v) is 2.09. The number of carboxylic acid groups (broad SMARTS) is 1. The molecule has 15 heavy (non-hydrogen) atoms. The lowest BCUT2D eigenvalue weighted by molar-refractivity contribution is -0.134. The van der Waals surface area contributed by atoms with Crippen LogP contribution in [0.1, 0.15) is 19.3 Å². The van der Waals surface area contributed by atoms with E-state index in [0.717, 1.165) is 6.42 Å². The molecule has 1 fully saturated rings. The van der Waals surface area contributed by atoms with Crippen LogP contribution in [0.25, 0.3) is 0 Å². The van der Waals surface area contributed by atoms with Crippen molar-refractivity contribution in [3.63, 3.8) is 0 Å². The highest BCUT2D eigenvalue weighted by atomic mass is 16.4. The van der Waals surface area contributed by atoms with Gasteiger partial charge in [-0.05, 0) is 25.2 Å². The lowest BCUT2D eigenvalue weighted by Gasteiger charge is -2.31. The number of hydrogen-bond donors (Lipinski definition) is 2. The molecule has 82 valence electrons. The Labute approximate surface area is 89.4 Å². The predicted molar refractivity (Wildman–Crippen MR) is 57.3 cm³/mol. The number of carboxylic acids is 1. The van der Waals surface area contributed by atoms with Crippen LogP contribution in [0.2, 0.25) is 0 Å². The van der Waals surface area contributed by atoms with Gasteiger partial charge in [0, 0.05) is 5.92 Å². The summed E-state index contributed by atoms with van der Waals surface area (Å²) >= 11 is 0. The Hall–Kier alpha value is -1.31. The molecule has 3 heteroatoms. The number of hydrogen-bond acceptors (Lipinski definition) is 2. The first-order valence-electron chi connectivity index (χ1n) is 5.04. The van der Waals surface area contributed by atoms with Crippen molar-refractivity contribution in [1.82, 2.24) is 0 Å². The summed E-state index contributed by atoms with van der Waals surface area (Å²) in [5.41, 5.74) is 2.52. The number of rotatable bonds is 3. The summed E-state index contributed by atoms with van der Waals surface area (Å²) in [4.78, 5) is 10.9. The molecule has 1 saturated carbocycles. The third kappa shape index (κ3) is 2.58. The Kier molecular flexibility index (Phi) is 3.89. The normalized spacial score (nSPS) is 30.3. The number of carbonyl (C=O) groups is 1. The molecule has 0 radical (unpaired) electrons. The maximum atomic E-state index is 10.9. The second-order valence-corrected chi connectivity index (χ2v) is 3.88. The summed E-state index contributed by atoms with van der Waals surface area (Å²) in [6.45, 7) is 7.04. The van der Waals surface area contributed by atoms with Gasteiger partial charge < -0.3 is 10.2 Å². The van der Waals surface area contributed by atoms with E-state index in [0.29, 0.717) is 12.8 Å². The number of aliphatic hydroxyl groups excluding tert-OH is 1.